The van der Waals surface area contributed by atoms with Crippen molar-refractivity contribution in [1.29, 1.82) is 0 Å². The van der Waals surface area contributed by atoms with Gasteiger partial charge in [0, 0.05) is 29.1 Å². The van der Waals surface area contributed by atoms with Crippen molar-refractivity contribution in [3.63, 3.8) is 0 Å². The molecule has 0 radical (unpaired) electrons. The molecule has 0 aromatic heterocycles. The molecule has 0 heterocycles. The standard InChI is InChI=1S/C20H32N2/c1-19(2,3)22-20(4)12-10-16(11-13-20)21-18-14-17(18)15-8-6-5-7-9-15/h5-9,16-18,21-22H,10-14H2,1-4H3/t16?,17-,18+,20?/m1/s1. The van der Waals surface area contributed by atoms with E-state index in [0.717, 1.165) is 5.92 Å². The highest BCUT2D eigenvalue weighted by Gasteiger charge is 2.41. The van der Waals surface area contributed by atoms with E-state index in [1.807, 2.05) is 0 Å². The second-order valence-electron chi connectivity index (χ2n) is 8.74. The molecule has 1 aromatic rings. The molecule has 2 fully saturated rings. The van der Waals surface area contributed by atoms with Gasteiger partial charge in [0.25, 0.3) is 0 Å². The molecule has 2 heteroatoms. The molecule has 1 aromatic carbocycles. The quantitative estimate of drug-likeness (QED) is 0.870. The van der Waals surface area contributed by atoms with E-state index in [1.165, 1.54) is 37.7 Å². The van der Waals surface area contributed by atoms with Gasteiger partial charge in [0.2, 0.25) is 0 Å². The number of rotatable bonds is 4. The Balaban J connectivity index is 1.46. The number of hydrogen-bond donors (Lipinski definition) is 2. The van der Waals surface area contributed by atoms with Crippen LogP contribution in [-0.2, 0) is 0 Å². The molecule has 0 aliphatic heterocycles. The summed E-state index contributed by atoms with van der Waals surface area (Å²) in [5.74, 6) is 0.752. The van der Waals surface area contributed by atoms with Gasteiger partial charge in [-0.25, -0.2) is 0 Å². The zero-order chi connectivity index (χ0) is 15.8. The summed E-state index contributed by atoms with van der Waals surface area (Å²) in [6.45, 7) is 9.23. The highest BCUT2D eigenvalue weighted by Crippen LogP contribution is 2.42. The molecule has 2 N–H and O–H groups in total. The van der Waals surface area contributed by atoms with Crippen molar-refractivity contribution in [1.82, 2.24) is 10.6 Å². The molecular weight excluding hydrogens is 268 g/mol. The van der Waals surface area contributed by atoms with Crippen LogP contribution in [0.5, 0.6) is 0 Å². The zero-order valence-corrected chi connectivity index (χ0v) is 14.7. The molecule has 0 bridgehead atoms. The summed E-state index contributed by atoms with van der Waals surface area (Å²) in [4.78, 5) is 0. The summed E-state index contributed by atoms with van der Waals surface area (Å²) in [6, 6.07) is 12.4. The van der Waals surface area contributed by atoms with Crippen molar-refractivity contribution in [2.75, 3.05) is 0 Å². The second kappa shape index (κ2) is 5.98. The Morgan fingerprint density at radius 2 is 1.68 bits per heavy atom. The van der Waals surface area contributed by atoms with Crippen LogP contribution in [0.25, 0.3) is 0 Å². The Morgan fingerprint density at radius 1 is 1.05 bits per heavy atom. The minimum atomic E-state index is 0.212. The zero-order valence-electron chi connectivity index (χ0n) is 14.7. The van der Waals surface area contributed by atoms with Gasteiger partial charge < -0.3 is 10.6 Å². The van der Waals surface area contributed by atoms with E-state index in [-0.39, 0.29) is 5.54 Å². The van der Waals surface area contributed by atoms with Gasteiger partial charge in [-0.2, -0.15) is 0 Å². The predicted molar refractivity (Wildman–Crippen MR) is 94.3 cm³/mol. The van der Waals surface area contributed by atoms with Gasteiger partial charge in [-0.1, -0.05) is 30.3 Å². The fourth-order valence-corrected chi connectivity index (χ4v) is 4.20. The predicted octanol–water partition coefficient (Wildman–Crippen LogP) is 4.22. The third-order valence-corrected chi connectivity index (χ3v) is 5.23. The molecule has 2 nitrogen and oxygen atoms in total. The van der Waals surface area contributed by atoms with E-state index >= 15 is 0 Å². The molecular formula is C20H32N2. The third-order valence-electron chi connectivity index (χ3n) is 5.23. The van der Waals surface area contributed by atoms with E-state index < -0.39 is 0 Å². The Morgan fingerprint density at radius 3 is 2.27 bits per heavy atom. The fourth-order valence-electron chi connectivity index (χ4n) is 4.20. The van der Waals surface area contributed by atoms with Crippen molar-refractivity contribution < 1.29 is 0 Å². The lowest BCUT2D eigenvalue weighted by atomic mass is 9.79. The maximum absolute atomic E-state index is 3.91. The SMILES string of the molecule is CC(C)(C)NC1(C)CCC(N[C@H]2C[C@@H]2c2ccccc2)CC1. The molecule has 122 valence electrons. The molecule has 0 amide bonds. The average Bonchev–Trinajstić information content (AvgIpc) is 3.20. The Kier molecular flexibility index (Phi) is 4.35. The van der Waals surface area contributed by atoms with Gasteiger partial charge in [-0.3, -0.25) is 0 Å². The first kappa shape index (κ1) is 16.0. The monoisotopic (exact) mass is 300 g/mol. The van der Waals surface area contributed by atoms with Crippen LogP contribution in [0.3, 0.4) is 0 Å². The van der Waals surface area contributed by atoms with Crippen LogP contribution < -0.4 is 10.6 Å². The van der Waals surface area contributed by atoms with E-state index in [2.05, 4.69) is 68.7 Å². The Labute approximate surface area is 136 Å². The highest BCUT2D eigenvalue weighted by molar-refractivity contribution is 5.27. The van der Waals surface area contributed by atoms with Crippen molar-refractivity contribution >= 4 is 0 Å². The van der Waals surface area contributed by atoms with Crippen molar-refractivity contribution in [3.05, 3.63) is 35.9 Å². The second-order valence-corrected chi connectivity index (χ2v) is 8.74. The molecule has 22 heavy (non-hydrogen) atoms. The van der Waals surface area contributed by atoms with E-state index in [4.69, 9.17) is 0 Å². The van der Waals surface area contributed by atoms with Gasteiger partial charge >= 0.3 is 0 Å². The maximum atomic E-state index is 3.91. The van der Waals surface area contributed by atoms with Crippen molar-refractivity contribution in [3.8, 4) is 0 Å². The topological polar surface area (TPSA) is 24.1 Å². The van der Waals surface area contributed by atoms with Crippen LogP contribution in [0.4, 0.5) is 0 Å². The number of hydrogen-bond acceptors (Lipinski definition) is 2. The molecule has 0 saturated heterocycles. The van der Waals surface area contributed by atoms with Crippen LogP contribution in [0.1, 0.15) is 71.3 Å². The molecule has 0 unspecified atom stereocenters. The normalized spacial score (nSPS) is 35.4. The minimum absolute atomic E-state index is 0.212. The summed E-state index contributed by atoms with van der Waals surface area (Å²) in [6.07, 6.45) is 6.49. The summed E-state index contributed by atoms with van der Waals surface area (Å²) in [5, 5.41) is 7.74. The minimum Gasteiger partial charge on any atom is -0.311 e. The van der Waals surface area contributed by atoms with Gasteiger partial charge in [0.05, 0.1) is 0 Å². The van der Waals surface area contributed by atoms with Crippen LogP contribution in [0.2, 0.25) is 0 Å². The molecule has 0 spiro atoms. The van der Waals surface area contributed by atoms with Gasteiger partial charge in [0.1, 0.15) is 0 Å². The highest BCUT2D eigenvalue weighted by atomic mass is 15.1. The lowest BCUT2D eigenvalue weighted by Gasteiger charge is -2.43. The summed E-state index contributed by atoms with van der Waals surface area (Å²) < 4.78 is 0. The average molecular weight is 300 g/mol. The first-order valence-electron chi connectivity index (χ1n) is 8.95. The molecule has 2 aliphatic carbocycles. The molecule has 2 atom stereocenters. The lowest BCUT2D eigenvalue weighted by Crippen LogP contribution is -2.55. The van der Waals surface area contributed by atoms with E-state index in [0.29, 0.717) is 17.6 Å². The first-order chi connectivity index (χ1) is 10.3. The summed E-state index contributed by atoms with van der Waals surface area (Å²) in [7, 11) is 0. The largest absolute Gasteiger partial charge is 0.311 e. The molecule has 2 aliphatic rings. The lowest BCUT2D eigenvalue weighted by molar-refractivity contribution is 0.176. The molecule has 3 rings (SSSR count). The molecule has 2 saturated carbocycles. The number of nitrogens with one attached hydrogen (secondary N) is 2. The fraction of sp³-hybridized carbons (Fsp3) is 0.700. The van der Waals surface area contributed by atoms with Crippen LogP contribution in [0, 0.1) is 0 Å². The van der Waals surface area contributed by atoms with Crippen molar-refractivity contribution in [2.45, 2.75) is 88.9 Å². The van der Waals surface area contributed by atoms with Gasteiger partial charge in [-0.15, -0.1) is 0 Å². The summed E-state index contributed by atoms with van der Waals surface area (Å²) in [5.41, 5.74) is 2.04. The number of benzene rings is 1. The van der Waals surface area contributed by atoms with Gasteiger partial charge in [-0.05, 0) is 65.4 Å². The smallest absolute Gasteiger partial charge is 0.0159 e. The van der Waals surface area contributed by atoms with Gasteiger partial charge in [0.15, 0.2) is 0 Å². The third kappa shape index (κ3) is 4.11. The van der Waals surface area contributed by atoms with Crippen LogP contribution in [-0.4, -0.2) is 23.2 Å². The van der Waals surface area contributed by atoms with E-state index in [9.17, 15) is 0 Å². The van der Waals surface area contributed by atoms with E-state index in [1.54, 1.807) is 0 Å². The maximum Gasteiger partial charge on any atom is 0.0159 e. The van der Waals surface area contributed by atoms with Crippen molar-refractivity contribution in [2.24, 2.45) is 0 Å². The Hall–Kier alpha value is -0.860. The Bertz CT molecular complexity index is 480. The van der Waals surface area contributed by atoms with Crippen LogP contribution >= 0.6 is 0 Å². The van der Waals surface area contributed by atoms with Crippen LogP contribution in [0.15, 0.2) is 30.3 Å². The first-order valence-corrected chi connectivity index (χ1v) is 8.95. The summed E-state index contributed by atoms with van der Waals surface area (Å²) >= 11 is 0.